The number of carbonyl (C=O) groups is 1. The standard InChI is InChI=1S/C27H40N2O5S.C13H22N2.CH3I/c1-7-29(8-2)13-12-23-10-9-11-24(18-23)19-25(30)20-34-15-14-28(5)35(31,32)27-21(3)16-26(33-6)17-22(27)4;1-4-15(5-2)10-9-12-7-6-8-13(11-12)14-3;1-2/h9-11,16-18H,7-8,12-15,19-20H2,1-6H3;6-8,11,14H,4-5,9-10H2,1-3H3;1H3. The van der Waals surface area contributed by atoms with E-state index in [0.29, 0.717) is 23.3 Å². The normalized spacial score (nSPS) is 11.2. The Hall–Kier alpha value is -2.55. The number of anilines is 1. The Kier molecular flexibility index (Phi) is 24.0. The maximum absolute atomic E-state index is 13.1. The van der Waals surface area contributed by atoms with E-state index in [9.17, 15) is 13.2 Å². The van der Waals surface area contributed by atoms with Crippen molar-refractivity contribution in [3.63, 3.8) is 0 Å². The fourth-order valence-electron chi connectivity index (χ4n) is 5.80. The van der Waals surface area contributed by atoms with Gasteiger partial charge in [-0.2, -0.15) is 4.31 Å². The summed E-state index contributed by atoms with van der Waals surface area (Å²) in [4.78, 5) is 19.5. The number of ketones is 1. The van der Waals surface area contributed by atoms with E-state index in [0.717, 1.165) is 57.7 Å². The maximum Gasteiger partial charge on any atom is 0.243 e. The minimum atomic E-state index is -3.69. The fourth-order valence-corrected chi connectivity index (χ4v) is 7.36. The number of rotatable bonds is 21. The Morgan fingerprint density at radius 2 is 1.27 bits per heavy atom. The molecule has 0 unspecified atom stereocenters. The van der Waals surface area contributed by atoms with Gasteiger partial charge < -0.3 is 24.6 Å². The lowest BCUT2D eigenvalue weighted by Crippen LogP contribution is -2.31. The molecule has 3 rings (SSSR count). The second-order valence-electron chi connectivity index (χ2n) is 12.5. The number of hydrogen-bond acceptors (Lipinski definition) is 8. The van der Waals surface area contributed by atoms with E-state index in [2.05, 4.69) is 102 Å². The number of benzene rings is 3. The van der Waals surface area contributed by atoms with E-state index in [1.54, 1.807) is 33.1 Å². The summed E-state index contributed by atoms with van der Waals surface area (Å²) in [6, 6.07) is 20.2. The second kappa shape index (κ2) is 26.3. The molecule has 0 aromatic heterocycles. The quantitative estimate of drug-likeness (QED) is 0.0679. The lowest BCUT2D eigenvalue weighted by atomic mass is 10.0. The minimum absolute atomic E-state index is 0.0294. The topological polar surface area (TPSA) is 91.4 Å². The van der Waals surface area contributed by atoms with Crippen molar-refractivity contribution in [1.29, 1.82) is 0 Å². The summed E-state index contributed by atoms with van der Waals surface area (Å²) in [6.07, 6.45) is 2.39. The molecule has 0 atom stereocenters. The molecule has 0 aliphatic heterocycles. The number of hydrogen-bond donors (Lipinski definition) is 1. The molecule has 3 aromatic carbocycles. The largest absolute Gasteiger partial charge is 0.497 e. The molecule has 52 heavy (non-hydrogen) atoms. The van der Waals surface area contributed by atoms with Gasteiger partial charge in [0.2, 0.25) is 10.0 Å². The molecular formula is C41H65IN4O5S. The van der Waals surface area contributed by atoms with E-state index in [1.807, 2.05) is 24.1 Å². The van der Waals surface area contributed by atoms with Crippen LogP contribution >= 0.6 is 22.6 Å². The molecule has 0 aliphatic carbocycles. The first-order valence-electron chi connectivity index (χ1n) is 18.3. The highest BCUT2D eigenvalue weighted by atomic mass is 127. The monoisotopic (exact) mass is 852 g/mol. The number of sulfonamides is 1. The molecule has 0 spiro atoms. The molecule has 0 saturated carbocycles. The summed E-state index contributed by atoms with van der Waals surface area (Å²) in [6.45, 7) is 19.0. The highest BCUT2D eigenvalue weighted by Crippen LogP contribution is 2.27. The molecule has 3 aromatic rings. The molecule has 0 radical (unpaired) electrons. The summed E-state index contributed by atoms with van der Waals surface area (Å²) < 4.78 is 38.1. The summed E-state index contributed by atoms with van der Waals surface area (Å²) in [7, 11) is 1.35. The molecule has 9 nitrogen and oxygen atoms in total. The van der Waals surface area contributed by atoms with Crippen LogP contribution in [0.1, 0.15) is 55.5 Å². The average molecular weight is 853 g/mol. The predicted octanol–water partition coefficient (Wildman–Crippen LogP) is 7.31. The van der Waals surface area contributed by atoms with E-state index in [1.165, 1.54) is 28.2 Å². The Morgan fingerprint density at radius 3 is 1.77 bits per heavy atom. The Bertz CT molecular complexity index is 1540. The van der Waals surface area contributed by atoms with Gasteiger partial charge in [0, 0.05) is 45.8 Å². The van der Waals surface area contributed by atoms with Crippen molar-refractivity contribution in [2.24, 2.45) is 0 Å². The van der Waals surface area contributed by atoms with Crippen LogP contribution in [0.4, 0.5) is 5.69 Å². The molecule has 0 fully saturated rings. The van der Waals surface area contributed by atoms with Crippen molar-refractivity contribution in [3.8, 4) is 5.75 Å². The molecule has 0 aliphatic rings. The maximum atomic E-state index is 13.1. The number of halogens is 1. The molecule has 0 amide bonds. The second-order valence-corrected chi connectivity index (χ2v) is 14.5. The molecule has 1 N–H and O–H groups in total. The van der Waals surface area contributed by atoms with Gasteiger partial charge in [0.1, 0.15) is 12.4 Å². The summed E-state index contributed by atoms with van der Waals surface area (Å²) in [5.74, 6) is 0.594. The van der Waals surface area contributed by atoms with E-state index in [4.69, 9.17) is 9.47 Å². The first-order chi connectivity index (χ1) is 24.9. The highest BCUT2D eigenvalue weighted by molar-refractivity contribution is 14.1. The lowest BCUT2D eigenvalue weighted by molar-refractivity contribution is -0.122. The van der Waals surface area contributed by atoms with Crippen molar-refractivity contribution in [2.45, 2.75) is 65.7 Å². The van der Waals surface area contributed by atoms with Crippen molar-refractivity contribution in [3.05, 3.63) is 88.5 Å². The van der Waals surface area contributed by atoms with Crippen LogP contribution in [0, 0.1) is 13.8 Å². The third-order valence-electron chi connectivity index (χ3n) is 8.98. The van der Waals surface area contributed by atoms with E-state index < -0.39 is 10.0 Å². The van der Waals surface area contributed by atoms with Gasteiger partial charge in [0.15, 0.2) is 5.78 Å². The van der Waals surface area contributed by atoms with Crippen LogP contribution in [0.5, 0.6) is 5.75 Å². The van der Waals surface area contributed by atoms with Gasteiger partial charge in [-0.1, -0.05) is 86.7 Å². The number of ether oxygens (including phenoxy) is 2. The smallest absolute Gasteiger partial charge is 0.243 e. The lowest BCUT2D eigenvalue weighted by Gasteiger charge is -2.20. The van der Waals surface area contributed by atoms with E-state index in [-0.39, 0.29) is 30.4 Å². The third kappa shape index (κ3) is 16.6. The fraction of sp³-hybridized carbons (Fsp3) is 0.537. The van der Waals surface area contributed by atoms with Crippen LogP contribution in [-0.2, 0) is 38.8 Å². The van der Waals surface area contributed by atoms with Crippen LogP contribution in [0.3, 0.4) is 0 Å². The molecule has 0 heterocycles. The van der Waals surface area contributed by atoms with Crippen molar-refractivity contribution in [1.82, 2.24) is 14.1 Å². The zero-order valence-corrected chi connectivity index (χ0v) is 36.4. The van der Waals surface area contributed by atoms with Gasteiger partial charge >= 0.3 is 0 Å². The minimum Gasteiger partial charge on any atom is -0.497 e. The van der Waals surface area contributed by atoms with Crippen LogP contribution in [0.15, 0.2) is 65.6 Å². The number of alkyl halides is 1. The Morgan fingerprint density at radius 1 is 0.769 bits per heavy atom. The number of nitrogens with one attached hydrogen (secondary N) is 1. The third-order valence-corrected chi connectivity index (χ3v) is 11.1. The van der Waals surface area contributed by atoms with Gasteiger partial charge in [0.25, 0.3) is 0 Å². The number of likely N-dealkylation sites (N-methyl/N-ethyl adjacent to an activating group) is 3. The van der Waals surface area contributed by atoms with Gasteiger partial charge in [0.05, 0.1) is 18.6 Å². The first kappa shape index (κ1) is 47.5. The van der Waals surface area contributed by atoms with Crippen molar-refractivity contribution in [2.75, 3.05) is 90.5 Å². The SMILES string of the molecule is CCN(CC)CCc1cccc(CC(=O)COCCN(C)S(=O)(=O)c2c(C)cc(OC)cc2C)c1.CCN(CC)CCc1cccc(NC)c1.CI. The number of carbonyl (C=O) groups excluding carboxylic acids is 1. The molecule has 11 heteroatoms. The molecule has 0 bridgehead atoms. The van der Waals surface area contributed by atoms with Gasteiger partial charge in [-0.05, 0) is 110 Å². The van der Waals surface area contributed by atoms with Crippen LogP contribution < -0.4 is 10.1 Å². The van der Waals surface area contributed by atoms with Crippen LogP contribution in [-0.4, -0.2) is 113 Å². The Labute approximate surface area is 329 Å². The van der Waals surface area contributed by atoms with Crippen LogP contribution in [0.2, 0.25) is 0 Å². The molecule has 0 saturated heterocycles. The zero-order chi connectivity index (χ0) is 39.1. The number of methoxy groups -OCH3 is 1. The number of aryl methyl sites for hydroxylation is 2. The van der Waals surface area contributed by atoms with Crippen molar-refractivity contribution >= 4 is 44.1 Å². The molecule has 292 valence electrons. The predicted molar refractivity (Wildman–Crippen MR) is 227 cm³/mol. The van der Waals surface area contributed by atoms with E-state index >= 15 is 0 Å². The van der Waals surface area contributed by atoms with Gasteiger partial charge in [-0.3, -0.25) is 4.79 Å². The Balaban J connectivity index is 0.000000661. The number of Topliss-reactive ketones (excluding diaryl/α,β-unsaturated/α-hetero) is 1. The highest BCUT2D eigenvalue weighted by Gasteiger charge is 2.25. The molecular weight excluding hydrogens is 787 g/mol. The summed E-state index contributed by atoms with van der Waals surface area (Å²) >= 11 is 2.15. The first-order valence-corrected chi connectivity index (χ1v) is 21.9. The van der Waals surface area contributed by atoms with Gasteiger partial charge in [-0.25, -0.2) is 8.42 Å². The zero-order valence-electron chi connectivity index (χ0n) is 33.4. The van der Waals surface area contributed by atoms with Crippen LogP contribution in [0.25, 0.3) is 0 Å². The summed E-state index contributed by atoms with van der Waals surface area (Å²) in [5, 5.41) is 3.17. The summed E-state index contributed by atoms with van der Waals surface area (Å²) in [5.41, 5.74) is 6.06. The average Bonchev–Trinajstić information content (AvgIpc) is 3.15. The number of nitrogens with zero attached hydrogens (tertiary/aromatic N) is 3. The van der Waals surface area contributed by atoms with Gasteiger partial charge in [-0.15, -0.1) is 0 Å². The van der Waals surface area contributed by atoms with Crippen molar-refractivity contribution < 1.29 is 22.7 Å².